The molecule has 30 heavy (non-hydrogen) atoms. The quantitative estimate of drug-likeness (QED) is 0.560. The summed E-state index contributed by atoms with van der Waals surface area (Å²) in [6, 6.07) is 7.82. The lowest BCUT2D eigenvalue weighted by molar-refractivity contribution is 0.102. The highest BCUT2D eigenvalue weighted by atomic mass is 19.1. The number of halogens is 1. The van der Waals surface area contributed by atoms with Gasteiger partial charge < -0.3 is 15.4 Å². The zero-order chi connectivity index (χ0) is 21.5. The molecule has 1 aliphatic rings. The minimum absolute atomic E-state index is 0.0426. The van der Waals surface area contributed by atoms with E-state index in [0.717, 1.165) is 37.7 Å². The number of fused-ring (bicyclic) bond motifs is 1. The van der Waals surface area contributed by atoms with Crippen LogP contribution in [0.4, 0.5) is 10.1 Å². The van der Waals surface area contributed by atoms with Gasteiger partial charge in [0.05, 0.1) is 5.69 Å². The number of rotatable bonds is 3. The van der Waals surface area contributed by atoms with Crippen LogP contribution in [0.2, 0.25) is 0 Å². The molecule has 156 valence electrons. The maximum Gasteiger partial charge on any atom is 0.261 e. The summed E-state index contributed by atoms with van der Waals surface area (Å²) in [7, 11) is 0. The lowest BCUT2D eigenvalue weighted by atomic mass is 9.70. The first-order valence-corrected chi connectivity index (χ1v) is 10.2. The monoisotopic (exact) mass is 408 g/mol. The molecule has 2 aromatic carbocycles. The SMILES string of the molecule is Cc1ccc2c(=O)c(C(=O)Nc3cc(O)c(C4(C)CCCCC4)cc3F)c[nH]c2c1. The number of aromatic hydroxyl groups is 1. The van der Waals surface area contributed by atoms with Crippen LogP contribution in [0.1, 0.15) is 60.5 Å². The molecule has 0 aliphatic heterocycles. The first-order chi connectivity index (χ1) is 14.3. The molecule has 1 saturated carbocycles. The van der Waals surface area contributed by atoms with Gasteiger partial charge in [-0.3, -0.25) is 9.59 Å². The Morgan fingerprint density at radius 1 is 1.17 bits per heavy atom. The van der Waals surface area contributed by atoms with Crippen LogP contribution in [0.3, 0.4) is 0 Å². The Balaban J connectivity index is 1.65. The molecule has 0 bridgehead atoms. The molecule has 3 N–H and O–H groups in total. The Bertz CT molecular complexity index is 1190. The molecule has 1 aliphatic carbocycles. The fraction of sp³-hybridized carbons (Fsp3) is 0.333. The van der Waals surface area contributed by atoms with E-state index in [-0.39, 0.29) is 22.4 Å². The number of aromatic nitrogens is 1. The van der Waals surface area contributed by atoms with Crippen molar-refractivity contribution in [3.8, 4) is 5.75 Å². The van der Waals surface area contributed by atoms with Crippen molar-refractivity contribution < 1.29 is 14.3 Å². The van der Waals surface area contributed by atoms with Crippen molar-refractivity contribution in [2.24, 2.45) is 0 Å². The summed E-state index contributed by atoms with van der Waals surface area (Å²) >= 11 is 0. The molecule has 0 atom stereocenters. The molecule has 6 heteroatoms. The predicted octanol–water partition coefficient (Wildman–Crippen LogP) is 5.16. The number of hydrogen-bond acceptors (Lipinski definition) is 3. The lowest BCUT2D eigenvalue weighted by Gasteiger charge is -2.34. The van der Waals surface area contributed by atoms with Crippen LogP contribution in [0, 0.1) is 12.7 Å². The number of aromatic amines is 1. The highest BCUT2D eigenvalue weighted by Gasteiger charge is 2.32. The summed E-state index contributed by atoms with van der Waals surface area (Å²) in [6.07, 6.45) is 6.33. The first-order valence-electron chi connectivity index (χ1n) is 10.2. The second-order valence-electron chi connectivity index (χ2n) is 8.51. The van der Waals surface area contributed by atoms with E-state index in [1.54, 1.807) is 12.1 Å². The van der Waals surface area contributed by atoms with Gasteiger partial charge in [-0.25, -0.2) is 4.39 Å². The van der Waals surface area contributed by atoms with Crippen molar-refractivity contribution in [1.29, 1.82) is 0 Å². The van der Waals surface area contributed by atoms with Gasteiger partial charge in [-0.05, 0) is 48.9 Å². The summed E-state index contributed by atoms with van der Waals surface area (Å²) in [5, 5.41) is 13.4. The first kappa shape index (κ1) is 20.1. The zero-order valence-electron chi connectivity index (χ0n) is 17.1. The summed E-state index contributed by atoms with van der Waals surface area (Å²) in [6.45, 7) is 3.94. The molecule has 0 radical (unpaired) electrons. The molecule has 0 spiro atoms. The van der Waals surface area contributed by atoms with Gasteiger partial charge in [0.1, 0.15) is 17.1 Å². The van der Waals surface area contributed by atoms with E-state index < -0.39 is 17.2 Å². The van der Waals surface area contributed by atoms with Crippen LogP contribution in [0.5, 0.6) is 5.75 Å². The van der Waals surface area contributed by atoms with Crippen molar-refractivity contribution >= 4 is 22.5 Å². The van der Waals surface area contributed by atoms with Crippen molar-refractivity contribution in [2.75, 3.05) is 5.32 Å². The van der Waals surface area contributed by atoms with E-state index in [0.29, 0.717) is 16.5 Å². The third kappa shape index (κ3) is 3.58. The topological polar surface area (TPSA) is 82.2 Å². The van der Waals surface area contributed by atoms with Gasteiger partial charge in [-0.1, -0.05) is 32.3 Å². The Morgan fingerprint density at radius 2 is 1.90 bits per heavy atom. The van der Waals surface area contributed by atoms with Crippen LogP contribution in [-0.2, 0) is 5.41 Å². The number of hydrogen-bond donors (Lipinski definition) is 3. The zero-order valence-corrected chi connectivity index (χ0v) is 17.1. The Kier molecular flexibility index (Phi) is 5.10. The van der Waals surface area contributed by atoms with E-state index in [2.05, 4.69) is 10.3 Å². The van der Waals surface area contributed by atoms with Crippen molar-refractivity contribution in [3.05, 3.63) is 69.3 Å². The third-order valence-electron chi connectivity index (χ3n) is 6.22. The molecule has 3 aromatic rings. The standard InChI is InChI=1S/C24H25FN2O3/c1-14-6-7-15-19(10-14)26-13-16(22(15)29)23(30)27-20-12-21(28)17(11-18(20)25)24(2)8-4-3-5-9-24/h6-7,10-13,28H,3-5,8-9H2,1-2H3,(H,26,29)(H,27,30). The molecular formula is C24H25FN2O3. The second kappa shape index (κ2) is 7.59. The molecular weight excluding hydrogens is 383 g/mol. The van der Waals surface area contributed by atoms with E-state index >= 15 is 0 Å². The van der Waals surface area contributed by atoms with Crippen LogP contribution < -0.4 is 10.7 Å². The number of amides is 1. The Morgan fingerprint density at radius 3 is 2.63 bits per heavy atom. The molecule has 5 nitrogen and oxygen atoms in total. The minimum atomic E-state index is -0.728. The second-order valence-corrected chi connectivity index (χ2v) is 8.51. The predicted molar refractivity (Wildman–Crippen MR) is 116 cm³/mol. The van der Waals surface area contributed by atoms with Gasteiger partial charge in [0.25, 0.3) is 5.91 Å². The number of pyridine rings is 1. The van der Waals surface area contributed by atoms with Gasteiger partial charge in [0.15, 0.2) is 0 Å². The van der Waals surface area contributed by atoms with Crippen LogP contribution in [-0.4, -0.2) is 16.0 Å². The summed E-state index contributed by atoms with van der Waals surface area (Å²) in [4.78, 5) is 28.3. The van der Waals surface area contributed by atoms with Crippen LogP contribution in [0.25, 0.3) is 10.9 Å². The fourth-order valence-corrected chi connectivity index (χ4v) is 4.44. The molecule has 0 saturated heterocycles. The van der Waals surface area contributed by atoms with Crippen molar-refractivity contribution in [2.45, 2.75) is 51.4 Å². The average molecular weight is 408 g/mol. The van der Waals surface area contributed by atoms with Gasteiger partial charge in [0.2, 0.25) is 5.43 Å². The number of phenols is 1. The van der Waals surface area contributed by atoms with E-state index in [1.165, 1.54) is 18.3 Å². The molecule has 4 rings (SSSR count). The molecule has 0 unspecified atom stereocenters. The summed E-state index contributed by atoms with van der Waals surface area (Å²) in [5.74, 6) is -1.40. The van der Waals surface area contributed by atoms with Gasteiger partial charge in [-0.2, -0.15) is 0 Å². The smallest absolute Gasteiger partial charge is 0.261 e. The number of carbonyl (C=O) groups excluding carboxylic acids is 1. The molecule has 1 aromatic heterocycles. The Hall–Kier alpha value is -3.15. The molecule has 1 fully saturated rings. The molecule has 1 heterocycles. The number of anilines is 1. The minimum Gasteiger partial charge on any atom is -0.508 e. The average Bonchev–Trinajstić information content (AvgIpc) is 2.71. The van der Waals surface area contributed by atoms with Crippen molar-refractivity contribution in [3.63, 3.8) is 0 Å². The van der Waals surface area contributed by atoms with E-state index in [9.17, 15) is 19.1 Å². The number of nitrogens with one attached hydrogen (secondary N) is 2. The lowest BCUT2D eigenvalue weighted by Crippen LogP contribution is -2.26. The van der Waals surface area contributed by atoms with E-state index in [1.807, 2.05) is 19.9 Å². The van der Waals surface area contributed by atoms with Crippen molar-refractivity contribution in [1.82, 2.24) is 4.98 Å². The van der Waals surface area contributed by atoms with Gasteiger partial charge >= 0.3 is 0 Å². The largest absolute Gasteiger partial charge is 0.508 e. The Labute approximate surface area is 174 Å². The number of aryl methyl sites for hydroxylation is 1. The maximum atomic E-state index is 14.8. The maximum absolute atomic E-state index is 14.8. The number of benzene rings is 2. The molecule has 1 amide bonds. The summed E-state index contributed by atoms with van der Waals surface area (Å²) in [5.41, 5.74) is 1.20. The number of phenolic OH excluding ortho intramolecular Hbond substituents is 1. The van der Waals surface area contributed by atoms with Crippen LogP contribution >= 0.6 is 0 Å². The highest BCUT2D eigenvalue weighted by molar-refractivity contribution is 6.05. The van der Waals surface area contributed by atoms with Gasteiger partial charge in [-0.15, -0.1) is 0 Å². The number of H-pyrrole nitrogens is 1. The third-order valence-corrected chi connectivity index (χ3v) is 6.22. The van der Waals surface area contributed by atoms with Gasteiger partial charge in [0, 0.05) is 28.7 Å². The highest BCUT2D eigenvalue weighted by Crippen LogP contribution is 2.44. The van der Waals surface area contributed by atoms with E-state index in [4.69, 9.17) is 0 Å². The normalized spacial score (nSPS) is 15.8. The van der Waals surface area contributed by atoms with Crippen LogP contribution in [0.15, 0.2) is 41.3 Å². The number of carbonyl (C=O) groups is 1. The summed E-state index contributed by atoms with van der Waals surface area (Å²) < 4.78 is 14.8. The fourth-order valence-electron chi connectivity index (χ4n) is 4.44.